The first-order chi connectivity index (χ1) is 13.7. The monoisotopic (exact) mass is 411 g/mol. The second-order valence-electron chi connectivity index (χ2n) is 6.12. The molecule has 0 aliphatic carbocycles. The van der Waals surface area contributed by atoms with Crippen LogP contribution in [-0.2, 0) is 17.5 Å². The zero-order valence-electron chi connectivity index (χ0n) is 15.4. The molecule has 0 radical (unpaired) electrons. The molecule has 1 aromatic carbocycles. The van der Waals surface area contributed by atoms with Crippen LogP contribution in [0.2, 0.25) is 0 Å². The highest BCUT2D eigenvalue weighted by molar-refractivity contribution is 5.75. The molecule has 2 aromatic heterocycles. The van der Waals surface area contributed by atoms with Gasteiger partial charge in [0.05, 0.1) is 18.8 Å². The van der Waals surface area contributed by atoms with Gasteiger partial charge >= 0.3 is 12.1 Å². The molecule has 0 fully saturated rings. The Hall–Kier alpha value is -3.28. The van der Waals surface area contributed by atoms with Crippen LogP contribution in [-0.4, -0.2) is 42.4 Å². The van der Waals surface area contributed by atoms with Crippen molar-refractivity contribution in [3.63, 3.8) is 0 Å². The quantitative estimate of drug-likeness (QED) is 0.435. The van der Waals surface area contributed by atoms with Crippen LogP contribution in [0.1, 0.15) is 11.6 Å². The number of methoxy groups -OCH3 is 1. The van der Waals surface area contributed by atoms with Gasteiger partial charge in [0.2, 0.25) is 5.82 Å². The fourth-order valence-electron chi connectivity index (χ4n) is 2.61. The van der Waals surface area contributed by atoms with Gasteiger partial charge in [-0.15, -0.1) is 0 Å². The molecule has 9 nitrogen and oxygen atoms in total. The highest BCUT2D eigenvalue weighted by Crippen LogP contribution is 2.29. The highest BCUT2D eigenvalue weighted by atomic mass is 19.4. The zero-order chi connectivity index (χ0) is 21.2. The summed E-state index contributed by atoms with van der Waals surface area (Å²) >= 11 is 0. The van der Waals surface area contributed by atoms with Crippen molar-refractivity contribution in [3.8, 4) is 11.4 Å². The van der Waals surface area contributed by atoms with Crippen LogP contribution >= 0.6 is 0 Å². The van der Waals surface area contributed by atoms with E-state index >= 15 is 0 Å². The molecular weight excluding hydrogens is 395 g/mol. The molecule has 0 bridgehead atoms. The van der Waals surface area contributed by atoms with Crippen LogP contribution in [0.25, 0.3) is 11.4 Å². The first-order valence-electron chi connectivity index (χ1n) is 8.35. The van der Waals surface area contributed by atoms with E-state index in [0.29, 0.717) is 18.8 Å². The third-order valence-electron chi connectivity index (χ3n) is 4.03. The Morgan fingerprint density at radius 1 is 1.24 bits per heavy atom. The third kappa shape index (κ3) is 4.26. The normalized spacial score (nSPS) is 11.8. The lowest BCUT2D eigenvalue weighted by molar-refractivity contribution is -0.159. The van der Waals surface area contributed by atoms with E-state index in [1.807, 2.05) is 0 Å². The number of nitrogens with one attached hydrogen (secondary N) is 1. The van der Waals surface area contributed by atoms with Crippen molar-refractivity contribution in [2.45, 2.75) is 12.7 Å². The van der Waals surface area contributed by atoms with Gasteiger partial charge in [0.25, 0.3) is 10.9 Å². The zero-order valence-corrected chi connectivity index (χ0v) is 15.4. The van der Waals surface area contributed by atoms with E-state index < -0.39 is 22.9 Å². The molecule has 0 atom stereocenters. The molecule has 12 heteroatoms. The van der Waals surface area contributed by atoms with Gasteiger partial charge in [0.1, 0.15) is 11.4 Å². The topological polar surface area (TPSA) is 110 Å². The van der Waals surface area contributed by atoms with Gasteiger partial charge in [0.15, 0.2) is 0 Å². The lowest BCUT2D eigenvalue weighted by Crippen LogP contribution is -2.41. The van der Waals surface area contributed by atoms with Gasteiger partial charge in [-0.2, -0.15) is 18.2 Å². The predicted octanol–water partition coefficient (Wildman–Crippen LogP) is 1.44. The molecule has 0 saturated carbocycles. The van der Waals surface area contributed by atoms with Crippen LogP contribution in [0.15, 0.2) is 32.4 Å². The van der Waals surface area contributed by atoms with Crippen molar-refractivity contribution in [1.29, 1.82) is 0 Å². The van der Waals surface area contributed by atoms with Gasteiger partial charge in [-0.3, -0.25) is 14.6 Å². The summed E-state index contributed by atoms with van der Waals surface area (Å²) in [5.74, 6) is -1.68. The van der Waals surface area contributed by atoms with Crippen LogP contribution < -0.4 is 21.1 Å². The van der Waals surface area contributed by atoms with Gasteiger partial charge in [0, 0.05) is 32.5 Å². The number of hydrogen-bond acceptors (Lipinski definition) is 9. The van der Waals surface area contributed by atoms with Crippen molar-refractivity contribution in [1.82, 2.24) is 15.1 Å². The second-order valence-corrected chi connectivity index (χ2v) is 6.12. The molecule has 154 valence electrons. The van der Waals surface area contributed by atoms with Crippen molar-refractivity contribution < 1.29 is 22.4 Å². The Kier molecular flexibility index (Phi) is 5.64. The van der Waals surface area contributed by atoms with E-state index in [-0.39, 0.29) is 29.3 Å². The summed E-state index contributed by atoms with van der Waals surface area (Å²) in [7, 11) is 3.15. The van der Waals surface area contributed by atoms with Gasteiger partial charge in [-0.25, -0.2) is 0 Å². The summed E-state index contributed by atoms with van der Waals surface area (Å²) in [6.45, 7) is 0.945. The van der Waals surface area contributed by atoms with Crippen molar-refractivity contribution in [3.05, 3.63) is 50.4 Å². The molecule has 0 aliphatic heterocycles. The van der Waals surface area contributed by atoms with E-state index in [1.165, 1.54) is 19.4 Å². The molecule has 2 heterocycles. The first kappa shape index (κ1) is 20.5. The van der Waals surface area contributed by atoms with Gasteiger partial charge < -0.3 is 19.5 Å². The van der Waals surface area contributed by atoms with Crippen LogP contribution in [0.4, 0.5) is 24.5 Å². The number of halogens is 3. The highest BCUT2D eigenvalue weighted by Gasteiger charge is 2.38. The van der Waals surface area contributed by atoms with Crippen LogP contribution in [0, 0.1) is 0 Å². The lowest BCUT2D eigenvalue weighted by Gasteiger charge is -2.23. The number of nitrogens with zero attached hydrogens (tertiary/aromatic N) is 4. The molecule has 0 unspecified atom stereocenters. The lowest BCUT2D eigenvalue weighted by atomic mass is 10.1. The summed E-state index contributed by atoms with van der Waals surface area (Å²) < 4.78 is 46.7. The number of alkyl halides is 3. The largest absolute Gasteiger partial charge is 0.471 e. The van der Waals surface area contributed by atoms with E-state index in [2.05, 4.69) is 25.0 Å². The Bertz CT molecular complexity index is 1050. The molecule has 0 spiro atoms. The number of rotatable bonds is 8. The smallest absolute Gasteiger partial charge is 0.383 e. The molecule has 3 aromatic rings. The van der Waals surface area contributed by atoms with E-state index in [9.17, 15) is 22.8 Å². The number of ether oxygens (including phenoxy) is 1. The standard InChI is InChI=1S/C17H16F3N5O4/c1-25(12-11(13(26)14(12)27)21-5-6-28-2)8-10-4-3-9(7-22-10)15-23-16(29-24-15)17(18,19)20/h3-4,7,21H,5-6,8H2,1-2H3. The SMILES string of the molecule is COCCNc1c(N(C)Cc2ccc(-c3noc(C(F)(F)F)n3)cn2)c(=O)c1=O. The van der Waals surface area contributed by atoms with Crippen LogP contribution in [0.5, 0.6) is 0 Å². The summed E-state index contributed by atoms with van der Waals surface area (Å²) in [6, 6.07) is 3.04. The Labute approximate surface area is 161 Å². The van der Waals surface area contributed by atoms with Crippen molar-refractivity contribution in [2.75, 3.05) is 37.5 Å². The van der Waals surface area contributed by atoms with E-state index in [1.54, 1.807) is 18.0 Å². The molecule has 0 amide bonds. The Balaban J connectivity index is 1.70. The van der Waals surface area contributed by atoms with Crippen LogP contribution in [0.3, 0.4) is 0 Å². The minimum Gasteiger partial charge on any atom is -0.383 e. The maximum Gasteiger partial charge on any atom is 0.471 e. The summed E-state index contributed by atoms with van der Waals surface area (Å²) in [6.07, 6.45) is -3.43. The summed E-state index contributed by atoms with van der Waals surface area (Å²) in [5, 5.41) is 6.16. The molecule has 0 saturated heterocycles. The first-order valence-corrected chi connectivity index (χ1v) is 8.35. The van der Waals surface area contributed by atoms with Crippen molar-refractivity contribution in [2.24, 2.45) is 0 Å². The minimum atomic E-state index is -4.73. The number of hydrogen-bond donors (Lipinski definition) is 1. The third-order valence-corrected chi connectivity index (χ3v) is 4.03. The van der Waals surface area contributed by atoms with E-state index in [4.69, 9.17) is 4.74 Å². The average Bonchev–Trinajstić information content (AvgIpc) is 3.18. The molecule has 3 rings (SSSR count). The maximum absolute atomic E-state index is 12.5. The number of anilines is 2. The Morgan fingerprint density at radius 3 is 2.59 bits per heavy atom. The fourth-order valence-corrected chi connectivity index (χ4v) is 2.61. The average molecular weight is 411 g/mol. The minimum absolute atomic E-state index is 0.199. The fraction of sp³-hybridized carbons (Fsp3) is 0.353. The summed E-state index contributed by atoms with van der Waals surface area (Å²) in [5.41, 5.74) is 0.0281. The maximum atomic E-state index is 12.5. The van der Waals surface area contributed by atoms with Crippen molar-refractivity contribution >= 4 is 11.4 Å². The molecular formula is C17H16F3N5O4. The number of aromatic nitrogens is 3. The van der Waals surface area contributed by atoms with E-state index in [0.717, 1.165) is 0 Å². The number of pyridine rings is 1. The molecule has 0 aliphatic rings. The summed E-state index contributed by atoms with van der Waals surface area (Å²) in [4.78, 5) is 32.7. The second kappa shape index (κ2) is 7.99. The van der Waals surface area contributed by atoms with Gasteiger partial charge in [-0.1, -0.05) is 5.16 Å². The predicted molar refractivity (Wildman–Crippen MR) is 96.4 cm³/mol. The Morgan fingerprint density at radius 2 is 2.00 bits per heavy atom. The molecule has 29 heavy (non-hydrogen) atoms. The molecule has 1 N–H and O–H groups in total. The van der Waals surface area contributed by atoms with Gasteiger partial charge in [-0.05, 0) is 12.1 Å².